The molecule has 0 radical (unpaired) electrons. The Kier molecular flexibility index (Phi) is 3.65. The molecular formula is C14H10ClFN2O2S. The van der Waals surface area contributed by atoms with Crippen molar-refractivity contribution in [2.75, 3.05) is 5.73 Å². The molecule has 0 aliphatic carbocycles. The maximum Gasteiger partial charge on any atom is 0.288 e. The number of aromatic nitrogens is 1. The predicted molar refractivity (Wildman–Crippen MR) is 79.9 cm³/mol. The molecule has 1 atom stereocenters. The van der Waals surface area contributed by atoms with Crippen LogP contribution in [-0.4, -0.2) is 9.19 Å². The summed E-state index contributed by atoms with van der Waals surface area (Å²) in [6.07, 6.45) is 0. The number of hydrogen-bond donors (Lipinski definition) is 1. The molecule has 1 heterocycles. The van der Waals surface area contributed by atoms with Gasteiger partial charge in [0.05, 0.1) is 10.8 Å². The van der Waals surface area contributed by atoms with Crippen LogP contribution in [0.25, 0.3) is 11.1 Å². The van der Waals surface area contributed by atoms with Crippen LogP contribution in [0.5, 0.6) is 0 Å². The first kappa shape index (κ1) is 14.0. The average molecular weight is 325 g/mol. The van der Waals surface area contributed by atoms with Gasteiger partial charge < -0.3 is 10.2 Å². The van der Waals surface area contributed by atoms with Crippen LogP contribution in [0.4, 0.5) is 10.1 Å². The van der Waals surface area contributed by atoms with Gasteiger partial charge >= 0.3 is 0 Å². The molecule has 3 rings (SSSR count). The van der Waals surface area contributed by atoms with Gasteiger partial charge in [-0.15, -0.1) is 0 Å². The van der Waals surface area contributed by atoms with Crippen LogP contribution >= 0.6 is 11.6 Å². The van der Waals surface area contributed by atoms with Crippen LogP contribution in [0.3, 0.4) is 0 Å². The second kappa shape index (κ2) is 5.46. The highest BCUT2D eigenvalue weighted by molar-refractivity contribution is 7.84. The van der Waals surface area contributed by atoms with Gasteiger partial charge in [0.15, 0.2) is 5.58 Å². The minimum absolute atomic E-state index is 0.00478. The fourth-order valence-corrected chi connectivity index (χ4v) is 3.06. The number of halogens is 2. The highest BCUT2D eigenvalue weighted by Gasteiger charge is 2.14. The largest absolute Gasteiger partial charge is 0.430 e. The SMILES string of the molecule is Nc1ccc2oc(S(=O)Cc3ccc(F)c(Cl)c3)nc2c1. The molecule has 0 fully saturated rings. The Balaban J connectivity index is 1.87. The van der Waals surface area contributed by atoms with E-state index in [1.54, 1.807) is 18.2 Å². The van der Waals surface area contributed by atoms with Gasteiger partial charge in [-0.2, -0.15) is 0 Å². The highest BCUT2D eigenvalue weighted by Crippen LogP contribution is 2.23. The first-order valence-corrected chi connectivity index (χ1v) is 7.71. The molecule has 4 nitrogen and oxygen atoms in total. The molecule has 108 valence electrons. The van der Waals surface area contributed by atoms with E-state index in [4.69, 9.17) is 21.8 Å². The van der Waals surface area contributed by atoms with Crippen LogP contribution in [0, 0.1) is 5.82 Å². The van der Waals surface area contributed by atoms with Gasteiger partial charge in [-0.1, -0.05) is 17.7 Å². The molecule has 0 saturated carbocycles. The summed E-state index contributed by atoms with van der Waals surface area (Å²) in [6.45, 7) is 0. The second-order valence-electron chi connectivity index (χ2n) is 4.45. The molecule has 0 aliphatic rings. The van der Waals surface area contributed by atoms with E-state index >= 15 is 0 Å². The second-order valence-corrected chi connectivity index (χ2v) is 6.18. The van der Waals surface area contributed by atoms with Crippen molar-refractivity contribution in [3.05, 3.63) is 52.8 Å². The minimum Gasteiger partial charge on any atom is -0.430 e. The highest BCUT2D eigenvalue weighted by atomic mass is 35.5. The molecule has 2 N–H and O–H groups in total. The van der Waals surface area contributed by atoms with E-state index in [-0.39, 0.29) is 16.0 Å². The first-order valence-electron chi connectivity index (χ1n) is 6.01. The fraction of sp³-hybridized carbons (Fsp3) is 0.0714. The van der Waals surface area contributed by atoms with Crippen molar-refractivity contribution in [3.63, 3.8) is 0 Å². The lowest BCUT2D eigenvalue weighted by atomic mass is 10.2. The Labute approximate surface area is 127 Å². The van der Waals surface area contributed by atoms with E-state index in [1.165, 1.54) is 18.2 Å². The van der Waals surface area contributed by atoms with Gasteiger partial charge in [0.25, 0.3) is 5.22 Å². The monoisotopic (exact) mass is 324 g/mol. The zero-order chi connectivity index (χ0) is 15.0. The fourth-order valence-electron chi connectivity index (χ4n) is 1.86. The molecule has 3 aromatic rings. The third-order valence-electron chi connectivity index (χ3n) is 2.87. The third kappa shape index (κ3) is 2.91. The van der Waals surface area contributed by atoms with Gasteiger partial charge in [-0.25, -0.2) is 13.6 Å². The summed E-state index contributed by atoms with van der Waals surface area (Å²) in [6, 6.07) is 9.21. The number of nitrogen functional groups attached to an aromatic ring is 1. The maximum absolute atomic E-state index is 13.1. The number of anilines is 1. The number of oxazole rings is 1. The topological polar surface area (TPSA) is 69.1 Å². The Morgan fingerprint density at radius 2 is 2.10 bits per heavy atom. The maximum atomic E-state index is 13.1. The lowest BCUT2D eigenvalue weighted by Gasteiger charge is -2.00. The Hall–Kier alpha value is -1.92. The van der Waals surface area contributed by atoms with Crippen molar-refractivity contribution < 1.29 is 13.0 Å². The number of fused-ring (bicyclic) bond motifs is 1. The normalized spacial score (nSPS) is 12.7. The molecule has 2 aromatic carbocycles. The van der Waals surface area contributed by atoms with Gasteiger partial charge in [0.2, 0.25) is 0 Å². The van der Waals surface area contributed by atoms with Crippen molar-refractivity contribution in [2.24, 2.45) is 0 Å². The van der Waals surface area contributed by atoms with Crippen LogP contribution in [0.2, 0.25) is 5.02 Å². The van der Waals surface area contributed by atoms with Crippen molar-refractivity contribution in [3.8, 4) is 0 Å². The molecule has 0 bridgehead atoms. The summed E-state index contributed by atoms with van der Waals surface area (Å²) in [7, 11) is -1.49. The van der Waals surface area contributed by atoms with Crippen LogP contribution in [-0.2, 0) is 16.6 Å². The van der Waals surface area contributed by atoms with Crippen molar-refractivity contribution in [1.82, 2.24) is 4.98 Å². The number of rotatable bonds is 3. The van der Waals surface area contributed by atoms with E-state index < -0.39 is 16.6 Å². The molecule has 0 saturated heterocycles. The summed E-state index contributed by atoms with van der Waals surface area (Å²) in [5, 5.41) is 0.103. The van der Waals surface area contributed by atoms with Crippen molar-refractivity contribution in [1.29, 1.82) is 0 Å². The van der Waals surface area contributed by atoms with E-state index in [9.17, 15) is 8.60 Å². The van der Waals surface area contributed by atoms with E-state index in [0.29, 0.717) is 22.4 Å². The van der Waals surface area contributed by atoms with E-state index in [1.807, 2.05) is 0 Å². The van der Waals surface area contributed by atoms with E-state index in [2.05, 4.69) is 4.98 Å². The Morgan fingerprint density at radius 1 is 1.29 bits per heavy atom. The summed E-state index contributed by atoms with van der Waals surface area (Å²) >= 11 is 5.70. The van der Waals surface area contributed by atoms with Gasteiger partial charge in [0, 0.05) is 5.69 Å². The van der Waals surface area contributed by atoms with Gasteiger partial charge in [-0.05, 0) is 35.9 Å². The average Bonchev–Trinajstić information content (AvgIpc) is 2.86. The molecule has 0 spiro atoms. The van der Waals surface area contributed by atoms with Crippen molar-refractivity contribution in [2.45, 2.75) is 11.0 Å². The van der Waals surface area contributed by atoms with Crippen molar-refractivity contribution >= 4 is 39.2 Å². The number of hydrogen-bond acceptors (Lipinski definition) is 4. The molecule has 7 heteroatoms. The molecule has 0 amide bonds. The first-order chi connectivity index (χ1) is 10.0. The van der Waals surface area contributed by atoms with E-state index in [0.717, 1.165) is 0 Å². The Morgan fingerprint density at radius 3 is 2.86 bits per heavy atom. The standard InChI is InChI=1S/C14H10ClFN2O2S/c15-10-5-8(1-3-11(10)16)7-21(19)14-18-12-6-9(17)2-4-13(12)20-14/h1-6H,7,17H2. The summed E-state index contributed by atoms with van der Waals surface area (Å²) in [5.41, 5.74) is 7.92. The van der Waals surface area contributed by atoms with Crippen LogP contribution in [0.1, 0.15) is 5.56 Å². The van der Waals surface area contributed by atoms with Gasteiger partial charge in [-0.3, -0.25) is 0 Å². The zero-order valence-electron chi connectivity index (χ0n) is 10.7. The summed E-state index contributed by atoms with van der Waals surface area (Å²) in [5.74, 6) is -0.369. The van der Waals surface area contributed by atoms with Crippen LogP contribution < -0.4 is 5.73 Å². The predicted octanol–water partition coefficient (Wildman–Crippen LogP) is 3.51. The number of benzene rings is 2. The van der Waals surface area contributed by atoms with Crippen LogP contribution in [0.15, 0.2) is 46.0 Å². The molecule has 1 aromatic heterocycles. The Bertz CT molecular complexity index is 850. The quantitative estimate of drug-likeness (QED) is 0.748. The zero-order valence-corrected chi connectivity index (χ0v) is 12.2. The smallest absolute Gasteiger partial charge is 0.288 e. The third-order valence-corrected chi connectivity index (χ3v) is 4.32. The number of nitrogens with zero attached hydrogens (tertiary/aromatic N) is 1. The van der Waals surface area contributed by atoms with Gasteiger partial charge in [0.1, 0.15) is 22.1 Å². The lowest BCUT2D eigenvalue weighted by Crippen LogP contribution is -1.97. The molecule has 0 aliphatic heterocycles. The molecular weight excluding hydrogens is 315 g/mol. The minimum atomic E-state index is -1.49. The molecule has 21 heavy (non-hydrogen) atoms. The number of nitrogens with two attached hydrogens (primary N) is 1. The summed E-state index contributed by atoms with van der Waals surface area (Å²) < 4.78 is 30.8. The lowest BCUT2D eigenvalue weighted by molar-refractivity contribution is 0.477. The summed E-state index contributed by atoms with van der Waals surface area (Å²) in [4.78, 5) is 4.16. The molecule has 1 unspecified atom stereocenters.